The highest BCUT2D eigenvalue weighted by atomic mass is 16.2. The quantitative estimate of drug-likeness (QED) is 0.876. The van der Waals surface area contributed by atoms with Gasteiger partial charge in [0.05, 0.1) is 6.54 Å². The summed E-state index contributed by atoms with van der Waals surface area (Å²) in [5, 5.41) is 2.68. The van der Waals surface area contributed by atoms with E-state index in [4.69, 9.17) is 0 Å². The van der Waals surface area contributed by atoms with Crippen LogP contribution in [0.2, 0.25) is 0 Å². The highest BCUT2D eigenvalue weighted by Gasteiger charge is 2.18. The molecule has 1 saturated heterocycles. The summed E-state index contributed by atoms with van der Waals surface area (Å²) in [6.45, 7) is 2.22. The molecule has 0 aliphatic carbocycles. The van der Waals surface area contributed by atoms with Crippen molar-refractivity contribution < 1.29 is 9.59 Å². The van der Waals surface area contributed by atoms with Crippen molar-refractivity contribution in [2.75, 3.05) is 33.2 Å². The Morgan fingerprint density at radius 1 is 1.33 bits per heavy atom. The van der Waals surface area contributed by atoms with Crippen LogP contribution in [0.5, 0.6) is 0 Å². The van der Waals surface area contributed by atoms with Crippen LogP contribution in [0.4, 0.5) is 4.79 Å². The van der Waals surface area contributed by atoms with Crippen LogP contribution >= 0.6 is 0 Å². The zero-order valence-electron chi connectivity index (χ0n) is 12.4. The predicted molar refractivity (Wildman–Crippen MR) is 79.8 cm³/mol. The minimum absolute atomic E-state index is 0.0497. The van der Waals surface area contributed by atoms with E-state index in [-0.39, 0.29) is 18.5 Å². The van der Waals surface area contributed by atoms with Gasteiger partial charge in [0.15, 0.2) is 0 Å². The van der Waals surface area contributed by atoms with Gasteiger partial charge in [-0.25, -0.2) is 4.79 Å². The van der Waals surface area contributed by atoms with Crippen molar-refractivity contribution in [1.29, 1.82) is 0 Å². The van der Waals surface area contributed by atoms with Crippen molar-refractivity contribution in [2.24, 2.45) is 0 Å². The van der Waals surface area contributed by atoms with Crippen LogP contribution in [-0.4, -0.2) is 59.9 Å². The van der Waals surface area contributed by atoms with Gasteiger partial charge >= 0.3 is 6.03 Å². The molecule has 1 aliphatic heterocycles. The molecule has 0 saturated carbocycles. The number of pyridine rings is 1. The topological polar surface area (TPSA) is 65.5 Å². The van der Waals surface area contributed by atoms with Gasteiger partial charge in [-0.2, -0.15) is 0 Å². The molecule has 1 aromatic heterocycles. The molecule has 6 nitrogen and oxygen atoms in total. The van der Waals surface area contributed by atoms with E-state index in [2.05, 4.69) is 10.3 Å². The van der Waals surface area contributed by atoms with Crippen LogP contribution < -0.4 is 5.32 Å². The molecule has 6 heteroatoms. The van der Waals surface area contributed by atoms with Crippen LogP contribution in [-0.2, 0) is 11.2 Å². The second kappa shape index (κ2) is 7.61. The number of aromatic nitrogens is 1. The van der Waals surface area contributed by atoms with Gasteiger partial charge in [0, 0.05) is 45.0 Å². The number of carbonyl (C=O) groups excluding carboxylic acids is 2. The van der Waals surface area contributed by atoms with Crippen LogP contribution in [0.3, 0.4) is 0 Å². The van der Waals surface area contributed by atoms with E-state index in [0.717, 1.165) is 31.6 Å². The molecule has 3 amide bonds. The van der Waals surface area contributed by atoms with E-state index in [1.54, 1.807) is 23.0 Å². The van der Waals surface area contributed by atoms with Gasteiger partial charge in [-0.05, 0) is 25.0 Å². The summed E-state index contributed by atoms with van der Waals surface area (Å²) in [4.78, 5) is 31.3. The maximum atomic E-state index is 12.0. The van der Waals surface area contributed by atoms with Crippen LogP contribution in [0.15, 0.2) is 24.4 Å². The Balaban J connectivity index is 1.68. The first-order chi connectivity index (χ1) is 10.2. The van der Waals surface area contributed by atoms with Crippen molar-refractivity contribution in [3.05, 3.63) is 30.1 Å². The lowest BCUT2D eigenvalue weighted by Crippen LogP contribution is -2.44. The molecule has 114 valence electrons. The molecule has 21 heavy (non-hydrogen) atoms. The second-order valence-corrected chi connectivity index (χ2v) is 5.24. The first kappa shape index (κ1) is 15.3. The summed E-state index contributed by atoms with van der Waals surface area (Å²) in [5.41, 5.74) is 0.957. The third kappa shape index (κ3) is 4.73. The second-order valence-electron chi connectivity index (χ2n) is 5.24. The van der Waals surface area contributed by atoms with Gasteiger partial charge in [-0.1, -0.05) is 6.07 Å². The summed E-state index contributed by atoms with van der Waals surface area (Å²) in [6.07, 6.45) is 4.55. The van der Waals surface area contributed by atoms with Crippen LogP contribution in [0, 0.1) is 0 Å². The lowest BCUT2D eigenvalue weighted by molar-refractivity contribution is -0.128. The summed E-state index contributed by atoms with van der Waals surface area (Å²) in [6, 6.07) is 5.60. The fourth-order valence-electron chi connectivity index (χ4n) is 2.27. The van der Waals surface area contributed by atoms with Crippen LogP contribution in [0.1, 0.15) is 18.5 Å². The van der Waals surface area contributed by atoms with Gasteiger partial charge < -0.3 is 15.1 Å². The van der Waals surface area contributed by atoms with E-state index in [9.17, 15) is 9.59 Å². The van der Waals surface area contributed by atoms with Gasteiger partial charge in [-0.15, -0.1) is 0 Å². The van der Waals surface area contributed by atoms with E-state index < -0.39 is 0 Å². The Labute approximate surface area is 125 Å². The summed E-state index contributed by atoms with van der Waals surface area (Å²) in [7, 11) is 1.74. The highest BCUT2D eigenvalue weighted by Crippen LogP contribution is 2.06. The van der Waals surface area contributed by atoms with E-state index in [1.165, 1.54) is 0 Å². The van der Waals surface area contributed by atoms with Crippen molar-refractivity contribution in [2.45, 2.75) is 19.3 Å². The zero-order valence-corrected chi connectivity index (χ0v) is 12.4. The van der Waals surface area contributed by atoms with Crippen molar-refractivity contribution in [3.63, 3.8) is 0 Å². The largest absolute Gasteiger partial charge is 0.344 e. The fourth-order valence-corrected chi connectivity index (χ4v) is 2.27. The van der Waals surface area contributed by atoms with Crippen LogP contribution in [0.25, 0.3) is 0 Å². The lowest BCUT2D eigenvalue weighted by Gasteiger charge is -2.19. The first-order valence-corrected chi connectivity index (χ1v) is 7.33. The van der Waals surface area contributed by atoms with E-state index >= 15 is 0 Å². The Morgan fingerprint density at radius 2 is 2.10 bits per heavy atom. The number of nitrogens with one attached hydrogen (secondary N) is 1. The monoisotopic (exact) mass is 290 g/mol. The van der Waals surface area contributed by atoms with Gasteiger partial charge in [0.25, 0.3) is 0 Å². The molecule has 1 fully saturated rings. The van der Waals surface area contributed by atoms with E-state index in [0.29, 0.717) is 13.0 Å². The van der Waals surface area contributed by atoms with Crippen molar-refractivity contribution in [1.82, 2.24) is 20.1 Å². The summed E-state index contributed by atoms with van der Waals surface area (Å²) in [5.74, 6) is -0.0847. The molecule has 1 aliphatic rings. The Hall–Kier alpha value is -2.11. The summed E-state index contributed by atoms with van der Waals surface area (Å²) < 4.78 is 0. The minimum atomic E-state index is -0.140. The highest BCUT2D eigenvalue weighted by molar-refractivity contribution is 5.83. The average molecular weight is 290 g/mol. The molecule has 0 aromatic carbocycles. The maximum absolute atomic E-state index is 12.0. The summed E-state index contributed by atoms with van der Waals surface area (Å²) >= 11 is 0. The third-order valence-corrected chi connectivity index (χ3v) is 3.64. The molecule has 0 bridgehead atoms. The number of carbonyl (C=O) groups is 2. The van der Waals surface area contributed by atoms with Gasteiger partial charge in [0.2, 0.25) is 5.91 Å². The molecule has 1 aromatic rings. The molecule has 2 rings (SSSR count). The third-order valence-electron chi connectivity index (χ3n) is 3.64. The smallest absolute Gasteiger partial charge is 0.317 e. The zero-order chi connectivity index (χ0) is 15.1. The Kier molecular flexibility index (Phi) is 5.54. The number of likely N-dealkylation sites (tertiary alicyclic amines) is 1. The molecule has 0 unspecified atom stereocenters. The number of hydrogen-bond donors (Lipinski definition) is 1. The average Bonchev–Trinajstić information content (AvgIpc) is 3.05. The number of likely N-dealkylation sites (N-methyl/N-ethyl adjacent to an activating group) is 1. The lowest BCUT2D eigenvalue weighted by atomic mass is 10.2. The Morgan fingerprint density at radius 3 is 2.76 bits per heavy atom. The fraction of sp³-hybridized carbons (Fsp3) is 0.533. The van der Waals surface area contributed by atoms with Gasteiger partial charge in [-0.3, -0.25) is 9.78 Å². The standard InChI is InChI=1S/C15H22N4O2/c1-18(11-7-13-6-2-3-8-16-13)14(20)12-17-15(21)19-9-4-5-10-19/h2-3,6,8H,4-5,7,9-12H2,1H3,(H,17,21). The number of hydrogen-bond acceptors (Lipinski definition) is 3. The molecule has 2 heterocycles. The molecule has 1 N–H and O–H groups in total. The maximum Gasteiger partial charge on any atom is 0.317 e. The van der Waals surface area contributed by atoms with Gasteiger partial charge in [0.1, 0.15) is 0 Å². The molecule has 0 radical (unpaired) electrons. The number of amides is 3. The van der Waals surface area contributed by atoms with E-state index in [1.807, 2.05) is 18.2 Å². The number of urea groups is 1. The minimum Gasteiger partial charge on any atom is -0.344 e. The van der Waals surface area contributed by atoms with Crippen molar-refractivity contribution >= 4 is 11.9 Å². The number of nitrogens with zero attached hydrogens (tertiary/aromatic N) is 3. The predicted octanol–water partition coefficient (Wildman–Crippen LogP) is 0.888. The Bertz CT molecular complexity index is 472. The normalized spacial score (nSPS) is 14.0. The molecular weight excluding hydrogens is 268 g/mol. The first-order valence-electron chi connectivity index (χ1n) is 7.33. The number of rotatable bonds is 5. The molecular formula is C15H22N4O2. The molecule has 0 spiro atoms. The van der Waals surface area contributed by atoms with Crippen molar-refractivity contribution in [3.8, 4) is 0 Å². The SMILES string of the molecule is CN(CCc1ccccn1)C(=O)CNC(=O)N1CCCC1. The molecule has 0 atom stereocenters.